The number of hydrogen-bond donors (Lipinski definition) is 1. The van der Waals surface area contributed by atoms with E-state index in [2.05, 4.69) is 4.99 Å². The molecule has 0 atom stereocenters. The Bertz CT molecular complexity index is 855. The monoisotopic (exact) mass is 325 g/mol. The molecule has 0 unspecified atom stereocenters. The van der Waals surface area contributed by atoms with Gasteiger partial charge in [-0.3, -0.25) is 14.7 Å². The highest BCUT2D eigenvalue weighted by Gasteiger charge is 2.25. The maximum Gasteiger partial charge on any atom is 0.249 e. The maximum atomic E-state index is 12.3. The average molecular weight is 326 g/mol. The van der Waals surface area contributed by atoms with Gasteiger partial charge in [0.2, 0.25) is 5.91 Å². The number of phenolic OH excluding ortho intramolecular Hbond substituents is 1. The lowest BCUT2D eigenvalue weighted by Gasteiger charge is -2.20. The maximum absolute atomic E-state index is 12.3. The van der Waals surface area contributed by atoms with Crippen molar-refractivity contribution >= 4 is 28.9 Å². The molecule has 0 aliphatic carbocycles. The summed E-state index contributed by atoms with van der Waals surface area (Å²) in [6, 6.07) is 13.8. The summed E-state index contributed by atoms with van der Waals surface area (Å²) < 4.78 is 0. The summed E-state index contributed by atoms with van der Waals surface area (Å²) in [5, 5.41) is 19.2. The molecular weight excluding hydrogens is 314 g/mol. The molecule has 0 aromatic heterocycles. The largest absolute Gasteiger partial charge is 0.508 e. The zero-order valence-electron chi connectivity index (χ0n) is 12.0. The molecule has 0 bridgehead atoms. The molecule has 5 nitrogen and oxygen atoms in total. The van der Waals surface area contributed by atoms with Crippen LogP contribution in [-0.2, 0) is 4.79 Å². The highest BCUT2D eigenvalue weighted by atomic mass is 35.5. The van der Waals surface area contributed by atoms with E-state index < -0.39 is 0 Å². The number of carbonyl (C=O) groups is 1. The highest BCUT2D eigenvalue weighted by molar-refractivity contribution is 6.31. The lowest BCUT2D eigenvalue weighted by molar-refractivity contribution is -0.117. The van der Waals surface area contributed by atoms with E-state index >= 15 is 0 Å². The summed E-state index contributed by atoms with van der Waals surface area (Å²) in [6.45, 7) is -0.145. The summed E-state index contributed by atoms with van der Waals surface area (Å²) in [4.78, 5) is 18.1. The van der Waals surface area contributed by atoms with Crippen LogP contribution in [0.5, 0.6) is 5.75 Å². The number of benzodiazepines with no additional fused rings is 1. The summed E-state index contributed by atoms with van der Waals surface area (Å²) in [7, 11) is 0. The van der Waals surface area contributed by atoms with Crippen molar-refractivity contribution in [3.8, 4) is 11.8 Å². The van der Waals surface area contributed by atoms with Gasteiger partial charge >= 0.3 is 0 Å². The number of aliphatic imine (C=N–C) groups is 1. The van der Waals surface area contributed by atoms with Crippen molar-refractivity contribution in [1.29, 1.82) is 5.26 Å². The number of halogens is 1. The third-order valence-electron chi connectivity index (χ3n) is 3.53. The van der Waals surface area contributed by atoms with Crippen LogP contribution in [0.4, 0.5) is 5.69 Å². The van der Waals surface area contributed by atoms with E-state index in [9.17, 15) is 9.90 Å². The Balaban J connectivity index is 2.21. The summed E-state index contributed by atoms with van der Waals surface area (Å²) in [5.41, 5.74) is 2.52. The van der Waals surface area contributed by atoms with Crippen molar-refractivity contribution in [3.63, 3.8) is 0 Å². The predicted octanol–water partition coefficient (Wildman–Crippen LogP) is 2.75. The fourth-order valence-corrected chi connectivity index (χ4v) is 2.69. The molecule has 0 fully saturated rings. The van der Waals surface area contributed by atoms with Gasteiger partial charge in [0.05, 0.1) is 17.5 Å². The third-order valence-corrected chi connectivity index (χ3v) is 3.76. The molecule has 1 aliphatic rings. The summed E-state index contributed by atoms with van der Waals surface area (Å²) in [5.74, 6) is -0.157. The van der Waals surface area contributed by atoms with Crippen molar-refractivity contribution in [2.75, 3.05) is 18.0 Å². The van der Waals surface area contributed by atoms with Gasteiger partial charge in [0.25, 0.3) is 0 Å². The minimum atomic E-state index is -0.273. The van der Waals surface area contributed by atoms with Crippen LogP contribution < -0.4 is 4.90 Å². The van der Waals surface area contributed by atoms with Gasteiger partial charge in [-0.15, -0.1) is 0 Å². The summed E-state index contributed by atoms with van der Waals surface area (Å²) in [6.07, 6.45) is 0. The number of nitriles is 1. The van der Waals surface area contributed by atoms with Gasteiger partial charge in [-0.1, -0.05) is 23.7 Å². The van der Waals surface area contributed by atoms with Crippen molar-refractivity contribution < 1.29 is 9.90 Å². The predicted molar refractivity (Wildman–Crippen MR) is 88.0 cm³/mol. The van der Waals surface area contributed by atoms with Crippen LogP contribution in [-0.4, -0.2) is 29.8 Å². The number of carbonyl (C=O) groups excluding carboxylic acids is 1. The van der Waals surface area contributed by atoms with Gasteiger partial charge < -0.3 is 5.11 Å². The second kappa shape index (κ2) is 6.11. The molecule has 0 saturated carbocycles. The third kappa shape index (κ3) is 2.89. The van der Waals surface area contributed by atoms with E-state index in [0.717, 1.165) is 0 Å². The first-order valence-corrected chi connectivity index (χ1v) is 7.29. The number of phenols is 1. The fourth-order valence-electron chi connectivity index (χ4n) is 2.52. The van der Waals surface area contributed by atoms with Gasteiger partial charge in [-0.05, 0) is 30.3 Å². The molecule has 2 aromatic rings. The van der Waals surface area contributed by atoms with E-state index in [-0.39, 0.29) is 24.7 Å². The van der Waals surface area contributed by atoms with Crippen molar-refractivity contribution in [2.45, 2.75) is 0 Å². The van der Waals surface area contributed by atoms with Crippen LogP contribution in [0.15, 0.2) is 47.5 Å². The molecule has 0 spiro atoms. The number of anilines is 1. The highest BCUT2D eigenvalue weighted by Crippen LogP contribution is 2.30. The molecule has 0 saturated heterocycles. The molecular formula is C17H12ClN3O2. The number of rotatable bonds is 2. The van der Waals surface area contributed by atoms with Crippen molar-refractivity contribution in [1.82, 2.24) is 0 Å². The topological polar surface area (TPSA) is 76.7 Å². The Hall–Kier alpha value is -2.84. The molecule has 3 rings (SSSR count). The van der Waals surface area contributed by atoms with Crippen LogP contribution in [0, 0.1) is 11.3 Å². The standard InChI is InChI=1S/C17H12ClN3O2/c18-12-4-5-14-15(9-12)21(7-6-19)16(23)10-20-17(14)11-2-1-3-13(22)8-11/h1-5,8-9,22H,7,10H2. The molecule has 1 heterocycles. The first-order valence-electron chi connectivity index (χ1n) is 6.91. The van der Waals surface area contributed by atoms with E-state index in [0.29, 0.717) is 27.5 Å². The number of benzene rings is 2. The number of fused-ring (bicyclic) bond motifs is 1. The number of nitrogens with zero attached hydrogens (tertiary/aromatic N) is 3. The normalized spacial score (nSPS) is 13.8. The molecule has 1 aliphatic heterocycles. The van der Waals surface area contributed by atoms with Crippen LogP contribution in [0.2, 0.25) is 5.02 Å². The minimum absolute atomic E-state index is 0.0705. The van der Waals surface area contributed by atoms with E-state index in [1.807, 2.05) is 6.07 Å². The Labute approximate surface area is 138 Å². The molecule has 0 radical (unpaired) electrons. The smallest absolute Gasteiger partial charge is 0.249 e. The van der Waals surface area contributed by atoms with Crippen LogP contribution in [0.1, 0.15) is 11.1 Å². The number of amides is 1. The second-order valence-corrected chi connectivity index (χ2v) is 5.45. The van der Waals surface area contributed by atoms with Crippen LogP contribution >= 0.6 is 11.6 Å². The molecule has 6 heteroatoms. The first-order chi connectivity index (χ1) is 11.1. The van der Waals surface area contributed by atoms with Crippen molar-refractivity contribution in [2.24, 2.45) is 4.99 Å². The van der Waals surface area contributed by atoms with Crippen LogP contribution in [0.3, 0.4) is 0 Å². The SMILES string of the molecule is N#CCN1C(=O)CN=C(c2cccc(O)c2)c2ccc(Cl)cc21. The average Bonchev–Trinajstić information content (AvgIpc) is 2.66. The van der Waals surface area contributed by atoms with E-state index in [1.54, 1.807) is 42.5 Å². The Morgan fingerprint density at radius 2 is 2.13 bits per heavy atom. The van der Waals surface area contributed by atoms with Gasteiger partial charge in [0.1, 0.15) is 18.8 Å². The molecule has 1 N–H and O–H groups in total. The van der Waals surface area contributed by atoms with Gasteiger partial charge in [0, 0.05) is 16.1 Å². The lowest BCUT2D eigenvalue weighted by atomic mass is 10.00. The molecule has 23 heavy (non-hydrogen) atoms. The zero-order valence-corrected chi connectivity index (χ0v) is 12.8. The summed E-state index contributed by atoms with van der Waals surface area (Å²) >= 11 is 6.06. The Kier molecular flexibility index (Phi) is 4.00. The first kappa shape index (κ1) is 15.1. The lowest BCUT2D eigenvalue weighted by Crippen LogP contribution is -2.32. The van der Waals surface area contributed by atoms with Crippen LogP contribution in [0.25, 0.3) is 0 Å². The molecule has 114 valence electrons. The number of hydrogen-bond acceptors (Lipinski definition) is 4. The van der Waals surface area contributed by atoms with Gasteiger partial charge in [0.15, 0.2) is 0 Å². The molecule has 2 aromatic carbocycles. The second-order valence-electron chi connectivity index (χ2n) is 5.01. The quantitative estimate of drug-likeness (QED) is 0.862. The minimum Gasteiger partial charge on any atom is -0.508 e. The van der Waals surface area contributed by atoms with Gasteiger partial charge in [-0.2, -0.15) is 5.26 Å². The zero-order chi connectivity index (χ0) is 16.4. The molecule has 1 amide bonds. The van der Waals surface area contributed by atoms with Gasteiger partial charge in [-0.25, -0.2) is 0 Å². The Morgan fingerprint density at radius 1 is 1.30 bits per heavy atom. The van der Waals surface area contributed by atoms with Crippen molar-refractivity contribution in [3.05, 3.63) is 58.6 Å². The van der Waals surface area contributed by atoms with E-state index in [4.69, 9.17) is 16.9 Å². The number of aromatic hydroxyl groups is 1. The van der Waals surface area contributed by atoms with E-state index in [1.165, 1.54) is 4.90 Å². The fraction of sp³-hybridized carbons (Fsp3) is 0.118. The Morgan fingerprint density at radius 3 is 2.87 bits per heavy atom.